The van der Waals surface area contributed by atoms with Gasteiger partial charge in [-0.2, -0.15) is 0 Å². The summed E-state index contributed by atoms with van der Waals surface area (Å²) < 4.78 is 0. The highest BCUT2D eigenvalue weighted by atomic mass is 16.1. The van der Waals surface area contributed by atoms with Gasteiger partial charge in [0.1, 0.15) is 0 Å². The van der Waals surface area contributed by atoms with Crippen LogP contribution in [0.15, 0.2) is 60.9 Å². The molecule has 15 heavy (non-hydrogen) atoms. The fourth-order valence-corrected chi connectivity index (χ4v) is 0.985. The van der Waals surface area contributed by atoms with Crippen LogP contribution in [0, 0.1) is 0 Å². The monoisotopic (exact) mass is 199 g/mol. The Labute approximate surface area is 89.6 Å². The van der Waals surface area contributed by atoms with Crippen molar-refractivity contribution in [1.82, 2.24) is 4.98 Å². The van der Waals surface area contributed by atoms with Crippen LogP contribution in [0.4, 0.5) is 0 Å². The average molecular weight is 199 g/mol. The first-order valence-corrected chi connectivity index (χ1v) is 4.71. The van der Waals surface area contributed by atoms with Crippen molar-refractivity contribution in [2.45, 2.75) is 6.92 Å². The summed E-state index contributed by atoms with van der Waals surface area (Å²) in [5.41, 5.74) is 0.775. The van der Waals surface area contributed by atoms with Gasteiger partial charge in [-0.3, -0.25) is 9.78 Å². The van der Waals surface area contributed by atoms with Crippen LogP contribution in [0.1, 0.15) is 17.3 Å². The minimum atomic E-state index is 0.121. The van der Waals surface area contributed by atoms with Crippen molar-refractivity contribution in [2.75, 3.05) is 0 Å². The van der Waals surface area contributed by atoms with Crippen LogP contribution >= 0.6 is 0 Å². The lowest BCUT2D eigenvalue weighted by molar-refractivity contribution is 0.101. The molecule has 2 nitrogen and oxygen atoms in total. The van der Waals surface area contributed by atoms with E-state index in [1.54, 1.807) is 19.3 Å². The van der Waals surface area contributed by atoms with E-state index in [2.05, 4.69) is 4.98 Å². The second kappa shape index (κ2) is 6.49. The molecule has 1 aromatic carbocycles. The van der Waals surface area contributed by atoms with Gasteiger partial charge in [0.05, 0.1) is 0 Å². The standard InChI is InChI=1S/C8H8O.C5H5N/c1-7(9)8-5-3-2-4-6-8;1-2-4-6-5-3-1/h2-6H,1H3;1-5H. The van der Waals surface area contributed by atoms with Crippen LogP contribution in [0.3, 0.4) is 0 Å². The van der Waals surface area contributed by atoms with Crippen LogP contribution in [0.5, 0.6) is 0 Å². The lowest BCUT2D eigenvalue weighted by Crippen LogP contribution is -1.88. The summed E-state index contributed by atoms with van der Waals surface area (Å²) in [4.78, 5) is 14.4. The molecular formula is C13H13NO. The maximum absolute atomic E-state index is 10.6. The van der Waals surface area contributed by atoms with Crippen molar-refractivity contribution < 1.29 is 4.79 Å². The molecule has 1 heterocycles. The first-order valence-electron chi connectivity index (χ1n) is 4.71. The van der Waals surface area contributed by atoms with Crippen LogP contribution in [0.25, 0.3) is 0 Å². The quantitative estimate of drug-likeness (QED) is 0.661. The minimum absolute atomic E-state index is 0.121. The van der Waals surface area contributed by atoms with Crippen LogP contribution in [-0.4, -0.2) is 10.8 Å². The van der Waals surface area contributed by atoms with Crippen LogP contribution in [0.2, 0.25) is 0 Å². The van der Waals surface area contributed by atoms with Crippen molar-refractivity contribution in [3.8, 4) is 0 Å². The fraction of sp³-hybridized carbons (Fsp3) is 0.0769. The van der Waals surface area contributed by atoms with Crippen molar-refractivity contribution >= 4 is 5.78 Å². The van der Waals surface area contributed by atoms with Crippen LogP contribution in [-0.2, 0) is 0 Å². The van der Waals surface area contributed by atoms with E-state index >= 15 is 0 Å². The third-order valence-electron chi connectivity index (χ3n) is 1.75. The first-order chi connectivity index (χ1) is 7.30. The lowest BCUT2D eigenvalue weighted by Gasteiger charge is -1.89. The lowest BCUT2D eigenvalue weighted by atomic mass is 10.2. The van der Waals surface area contributed by atoms with E-state index in [4.69, 9.17) is 0 Å². The number of carbonyl (C=O) groups is 1. The number of ketones is 1. The summed E-state index contributed by atoms with van der Waals surface area (Å²) in [7, 11) is 0. The molecule has 0 saturated heterocycles. The molecule has 2 heteroatoms. The van der Waals surface area contributed by atoms with E-state index in [9.17, 15) is 4.79 Å². The minimum Gasteiger partial charge on any atom is -0.295 e. The molecule has 1 aromatic heterocycles. The van der Waals surface area contributed by atoms with Gasteiger partial charge in [-0.15, -0.1) is 0 Å². The van der Waals surface area contributed by atoms with Crippen molar-refractivity contribution in [3.63, 3.8) is 0 Å². The summed E-state index contributed by atoms with van der Waals surface area (Å²) in [5, 5.41) is 0. The highest BCUT2D eigenvalue weighted by molar-refractivity contribution is 5.93. The molecule has 0 N–H and O–H groups in total. The zero-order chi connectivity index (χ0) is 10.9. The Morgan fingerprint density at radius 1 is 0.933 bits per heavy atom. The number of hydrogen-bond acceptors (Lipinski definition) is 2. The Morgan fingerprint density at radius 3 is 1.73 bits per heavy atom. The number of pyridine rings is 1. The first kappa shape index (κ1) is 11.1. The van der Waals surface area contributed by atoms with Gasteiger partial charge in [0.2, 0.25) is 0 Å². The fourth-order valence-electron chi connectivity index (χ4n) is 0.985. The van der Waals surface area contributed by atoms with Gasteiger partial charge in [-0.25, -0.2) is 0 Å². The Morgan fingerprint density at radius 2 is 1.47 bits per heavy atom. The Balaban J connectivity index is 0.000000162. The normalized spacial score (nSPS) is 8.60. The smallest absolute Gasteiger partial charge is 0.159 e. The summed E-state index contributed by atoms with van der Waals surface area (Å²) in [6.07, 6.45) is 3.50. The second-order valence-corrected chi connectivity index (χ2v) is 2.95. The predicted octanol–water partition coefficient (Wildman–Crippen LogP) is 2.97. The summed E-state index contributed by atoms with van der Waals surface area (Å²) in [5.74, 6) is 0.121. The number of carbonyl (C=O) groups excluding carboxylic acids is 1. The molecule has 0 spiro atoms. The van der Waals surface area contributed by atoms with E-state index in [1.165, 1.54) is 0 Å². The third kappa shape index (κ3) is 4.72. The molecule has 0 aliphatic heterocycles. The van der Waals surface area contributed by atoms with Gasteiger partial charge < -0.3 is 0 Å². The summed E-state index contributed by atoms with van der Waals surface area (Å²) in [6, 6.07) is 14.9. The van der Waals surface area contributed by atoms with E-state index in [1.807, 2.05) is 48.5 Å². The van der Waals surface area contributed by atoms with E-state index in [0.29, 0.717) is 0 Å². The number of hydrogen-bond donors (Lipinski definition) is 0. The van der Waals surface area contributed by atoms with Crippen molar-refractivity contribution in [3.05, 3.63) is 66.5 Å². The maximum Gasteiger partial charge on any atom is 0.159 e. The number of benzene rings is 1. The number of Topliss-reactive ketones (excluding diaryl/α,β-unsaturated/α-hetero) is 1. The zero-order valence-electron chi connectivity index (χ0n) is 8.63. The molecule has 2 aromatic rings. The number of nitrogens with zero attached hydrogens (tertiary/aromatic N) is 1. The van der Waals surface area contributed by atoms with Crippen LogP contribution < -0.4 is 0 Å². The Hall–Kier alpha value is -1.96. The molecule has 0 atom stereocenters. The number of aromatic nitrogens is 1. The zero-order valence-corrected chi connectivity index (χ0v) is 8.63. The molecule has 0 saturated carbocycles. The molecule has 0 fully saturated rings. The second-order valence-electron chi connectivity index (χ2n) is 2.95. The molecule has 2 rings (SSSR count). The summed E-state index contributed by atoms with van der Waals surface area (Å²) >= 11 is 0. The summed E-state index contributed by atoms with van der Waals surface area (Å²) in [6.45, 7) is 1.56. The maximum atomic E-state index is 10.6. The van der Waals surface area contributed by atoms with E-state index in [0.717, 1.165) is 5.56 Å². The molecule has 0 amide bonds. The molecule has 0 radical (unpaired) electrons. The highest BCUT2D eigenvalue weighted by Gasteiger charge is 1.92. The molecule has 76 valence electrons. The van der Waals surface area contributed by atoms with Gasteiger partial charge in [0, 0.05) is 18.0 Å². The molecule has 0 unspecified atom stereocenters. The van der Waals surface area contributed by atoms with Gasteiger partial charge in [0.15, 0.2) is 5.78 Å². The highest BCUT2D eigenvalue weighted by Crippen LogP contribution is 1.97. The van der Waals surface area contributed by atoms with Gasteiger partial charge in [0.25, 0.3) is 0 Å². The van der Waals surface area contributed by atoms with Crippen molar-refractivity contribution in [2.24, 2.45) is 0 Å². The molecule has 0 bridgehead atoms. The molecule has 0 aliphatic carbocycles. The largest absolute Gasteiger partial charge is 0.295 e. The van der Waals surface area contributed by atoms with E-state index in [-0.39, 0.29) is 5.78 Å². The average Bonchev–Trinajstić information content (AvgIpc) is 2.33. The molecule has 0 aliphatic rings. The third-order valence-corrected chi connectivity index (χ3v) is 1.75. The Kier molecular flexibility index (Phi) is 4.81. The predicted molar refractivity (Wildman–Crippen MR) is 60.7 cm³/mol. The van der Waals surface area contributed by atoms with Gasteiger partial charge in [-0.1, -0.05) is 36.4 Å². The topological polar surface area (TPSA) is 30.0 Å². The van der Waals surface area contributed by atoms with Gasteiger partial charge >= 0.3 is 0 Å². The SMILES string of the molecule is CC(=O)c1ccccc1.c1ccncc1. The van der Waals surface area contributed by atoms with Gasteiger partial charge in [-0.05, 0) is 19.1 Å². The Bertz CT molecular complexity index is 357. The molecular weight excluding hydrogens is 186 g/mol. The van der Waals surface area contributed by atoms with E-state index < -0.39 is 0 Å². The van der Waals surface area contributed by atoms with Crippen molar-refractivity contribution in [1.29, 1.82) is 0 Å². The number of rotatable bonds is 1.